The smallest absolute Gasteiger partial charge is 0.293 e. The standard InChI is InChI=1S/C20H14ClF2N3O2/c21-14-9-15-19(26-20(28)24-15)25-16(14)12-5-1-10(2-6-12)11-3-7-13(8-4-11)17(27)18(22)23/h1-9,17-18,27H,(H2,24,25,26,28). The molecule has 2 aromatic heterocycles. The molecule has 0 radical (unpaired) electrons. The van der Waals surface area contributed by atoms with E-state index in [4.69, 9.17) is 11.6 Å². The minimum absolute atomic E-state index is 0.168. The Morgan fingerprint density at radius 2 is 1.46 bits per heavy atom. The molecule has 2 aromatic carbocycles. The molecule has 0 bridgehead atoms. The van der Waals surface area contributed by atoms with Gasteiger partial charge < -0.3 is 15.2 Å². The van der Waals surface area contributed by atoms with Crippen LogP contribution in [-0.4, -0.2) is 31.6 Å². The molecule has 4 aromatic rings. The van der Waals surface area contributed by atoms with Crippen molar-refractivity contribution in [3.63, 3.8) is 0 Å². The minimum Gasteiger partial charge on any atom is -0.480 e. The molecule has 4 rings (SSSR count). The lowest BCUT2D eigenvalue weighted by Gasteiger charge is -2.11. The summed E-state index contributed by atoms with van der Waals surface area (Å²) in [6, 6.07) is 15.1. The number of aliphatic hydroxyl groups excluding tert-OH is 1. The molecule has 0 aliphatic carbocycles. The van der Waals surface area contributed by atoms with Crippen LogP contribution in [0, 0.1) is 0 Å². The number of imidazole rings is 1. The molecule has 0 saturated carbocycles. The molecule has 0 aliphatic rings. The van der Waals surface area contributed by atoms with Crippen LogP contribution in [-0.2, 0) is 0 Å². The zero-order valence-corrected chi connectivity index (χ0v) is 15.0. The van der Waals surface area contributed by atoms with Crippen LogP contribution in [0.25, 0.3) is 33.5 Å². The van der Waals surface area contributed by atoms with Crippen LogP contribution >= 0.6 is 11.6 Å². The zero-order valence-electron chi connectivity index (χ0n) is 14.3. The molecule has 0 spiro atoms. The fourth-order valence-electron chi connectivity index (χ4n) is 2.95. The number of aliphatic hydroxyl groups is 1. The maximum Gasteiger partial charge on any atom is 0.293 e. The monoisotopic (exact) mass is 401 g/mol. The second-order valence-corrected chi connectivity index (χ2v) is 6.64. The van der Waals surface area contributed by atoms with Gasteiger partial charge in [-0.15, -0.1) is 0 Å². The quantitative estimate of drug-likeness (QED) is 0.452. The summed E-state index contributed by atoms with van der Waals surface area (Å²) in [5.74, 6) is 0. The third-order valence-corrected chi connectivity index (χ3v) is 4.68. The first kappa shape index (κ1) is 18.3. The Balaban J connectivity index is 1.63. The summed E-state index contributed by atoms with van der Waals surface area (Å²) >= 11 is 6.30. The van der Waals surface area contributed by atoms with Gasteiger partial charge in [0, 0.05) is 5.56 Å². The molecule has 1 atom stereocenters. The van der Waals surface area contributed by atoms with Crippen LogP contribution in [0.5, 0.6) is 6.01 Å². The molecule has 3 N–H and O–H groups in total. The number of nitrogens with zero attached hydrogens (tertiary/aromatic N) is 2. The highest BCUT2D eigenvalue weighted by atomic mass is 35.5. The summed E-state index contributed by atoms with van der Waals surface area (Å²) in [7, 11) is 0. The van der Waals surface area contributed by atoms with Gasteiger partial charge in [0.15, 0.2) is 5.65 Å². The van der Waals surface area contributed by atoms with Crippen molar-refractivity contribution in [1.29, 1.82) is 0 Å². The SMILES string of the molecule is Oc1nc2nc(-c3ccc(-c4ccc(C(O)C(F)F)cc4)cc3)c(Cl)cc2[nH]1. The summed E-state index contributed by atoms with van der Waals surface area (Å²) in [5, 5.41) is 19.3. The highest BCUT2D eigenvalue weighted by molar-refractivity contribution is 6.33. The van der Waals surface area contributed by atoms with Crippen LogP contribution in [0.15, 0.2) is 54.6 Å². The van der Waals surface area contributed by atoms with E-state index in [9.17, 15) is 19.0 Å². The van der Waals surface area contributed by atoms with Crippen LogP contribution in [0.1, 0.15) is 11.7 Å². The summed E-state index contributed by atoms with van der Waals surface area (Å²) in [5.41, 5.74) is 4.05. The average molecular weight is 402 g/mol. The van der Waals surface area contributed by atoms with Gasteiger partial charge in [-0.3, -0.25) is 0 Å². The lowest BCUT2D eigenvalue weighted by Crippen LogP contribution is -2.07. The molecule has 0 fully saturated rings. The van der Waals surface area contributed by atoms with Gasteiger partial charge in [-0.05, 0) is 22.8 Å². The Bertz CT molecular complexity index is 1130. The molecule has 28 heavy (non-hydrogen) atoms. The average Bonchev–Trinajstić information content (AvgIpc) is 3.06. The van der Waals surface area contributed by atoms with Crippen molar-refractivity contribution in [3.8, 4) is 28.4 Å². The van der Waals surface area contributed by atoms with E-state index in [0.717, 1.165) is 16.7 Å². The van der Waals surface area contributed by atoms with Crippen molar-refractivity contribution in [2.24, 2.45) is 0 Å². The van der Waals surface area contributed by atoms with E-state index in [1.165, 1.54) is 12.1 Å². The number of benzene rings is 2. The number of aromatic amines is 1. The lowest BCUT2D eigenvalue weighted by atomic mass is 10.00. The van der Waals surface area contributed by atoms with E-state index in [2.05, 4.69) is 15.0 Å². The van der Waals surface area contributed by atoms with Crippen LogP contribution in [0.3, 0.4) is 0 Å². The number of nitrogens with one attached hydrogen (secondary N) is 1. The van der Waals surface area contributed by atoms with E-state index in [0.29, 0.717) is 21.9 Å². The fraction of sp³-hybridized carbons (Fsp3) is 0.100. The van der Waals surface area contributed by atoms with Crippen molar-refractivity contribution >= 4 is 22.8 Å². The van der Waals surface area contributed by atoms with Crippen molar-refractivity contribution in [2.45, 2.75) is 12.5 Å². The van der Waals surface area contributed by atoms with E-state index >= 15 is 0 Å². The number of rotatable bonds is 4. The number of aromatic nitrogens is 3. The van der Waals surface area contributed by atoms with Crippen molar-refractivity contribution in [2.75, 3.05) is 0 Å². The number of alkyl halides is 2. The number of halogens is 3. The molecule has 142 valence electrons. The molecule has 0 saturated heterocycles. The predicted octanol–water partition coefficient (Wildman–Crippen LogP) is 4.95. The lowest BCUT2D eigenvalue weighted by molar-refractivity contribution is -0.00577. The Morgan fingerprint density at radius 1 is 0.893 bits per heavy atom. The summed E-state index contributed by atoms with van der Waals surface area (Å²) in [6.45, 7) is 0. The van der Waals surface area contributed by atoms with Gasteiger partial charge in [-0.1, -0.05) is 60.1 Å². The molecule has 8 heteroatoms. The van der Waals surface area contributed by atoms with Gasteiger partial charge in [-0.25, -0.2) is 13.8 Å². The third-order valence-electron chi connectivity index (χ3n) is 4.40. The molecular weight excluding hydrogens is 388 g/mol. The Labute approximate surface area is 163 Å². The van der Waals surface area contributed by atoms with E-state index in [1.54, 1.807) is 18.2 Å². The van der Waals surface area contributed by atoms with Crippen molar-refractivity contribution in [3.05, 3.63) is 65.2 Å². The Kier molecular flexibility index (Phi) is 4.70. The maximum absolute atomic E-state index is 12.6. The number of hydrogen-bond donors (Lipinski definition) is 3. The molecule has 5 nitrogen and oxygen atoms in total. The molecular formula is C20H14ClF2N3O2. The number of aromatic hydroxyl groups is 1. The normalized spacial score (nSPS) is 12.6. The summed E-state index contributed by atoms with van der Waals surface area (Å²) in [6.07, 6.45) is -4.61. The highest BCUT2D eigenvalue weighted by Gasteiger charge is 2.18. The second-order valence-electron chi connectivity index (χ2n) is 6.23. The van der Waals surface area contributed by atoms with E-state index in [-0.39, 0.29) is 11.6 Å². The third kappa shape index (κ3) is 3.42. The van der Waals surface area contributed by atoms with Gasteiger partial charge in [0.05, 0.1) is 16.2 Å². The predicted molar refractivity (Wildman–Crippen MR) is 102 cm³/mol. The Morgan fingerprint density at radius 3 is 2.07 bits per heavy atom. The number of hydrogen-bond acceptors (Lipinski definition) is 4. The molecule has 1 unspecified atom stereocenters. The molecule has 0 amide bonds. The molecule has 0 aliphatic heterocycles. The summed E-state index contributed by atoms with van der Waals surface area (Å²) in [4.78, 5) is 10.9. The van der Waals surface area contributed by atoms with Crippen molar-refractivity contribution < 1.29 is 19.0 Å². The largest absolute Gasteiger partial charge is 0.480 e. The van der Waals surface area contributed by atoms with Crippen molar-refractivity contribution in [1.82, 2.24) is 15.0 Å². The number of H-pyrrole nitrogens is 1. The van der Waals surface area contributed by atoms with Gasteiger partial charge in [0.25, 0.3) is 12.4 Å². The van der Waals surface area contributed by atoms with E-state index < -0.39 is 12.5 Å². The highest BCUT2D eigenvalue weighted by Crippen LogP contribution is 2.31. The zero-order chi connectivity index (χ0) is 19.8. The second kappa shape index (κ2) is 7.18. The van der Waals surface area contributed by atoms with Gasteiger partial charge in [0.1, 0.15) is 6.10 Å². The van der Waals surface area contributed by atoms with Gasteiger partial charge in [-0.2, -0.15) is 4.98 Å². The number of pyridine rings is 1. The molecule has 2 heterocycles. The summed E-state index contributed by atoms with van der Waals surface area (Å²) < 4.78 is 25.2. The Hall–Kier alpha value is -3.03. The van der Waals surface area contributed by atoms with Crippen LogP contribution < -0.4 is 0 Å². The van der Waals surface area contributed by atoms with Crippen LogP contribution in [0.2, 0.25) is 5.02 Å². The minimum atomic E-state index is -2.82. The maximum atomic E-state index is 12.6. The van der Waals surface area contributed by atoms with Gasteiger partial charge in [0.2, 0.25) is 0 Å². The first-order valence-corrected chi connectivity index (χ1v) is 8.72. The topological polar surface area (TPSA) is 82.0 Å². The first-order chi connectivity index (χ1) is 13.4. The fourth-order valence-corrected chi connectivity index (χ4v) is 3.21. The van der Waals surface area contributed by atoms with Gasteiger partial charge >= 0.3 is 0 Å². The number of fused-ring (bicyclic) bond motifs is 1. The van der Waals surface area contributed by atoms with Crippen LogP contribution in [0.4, 0.5) is 8.78 Å². The van der Waals surface area contributed by atoms with E-state index in [1.807, 2.05) is 24.3 Å². The first-order valence-electron chi connectivity index (χ1n) is 8.34.